The summed E-state index contributed by atoms with van der Waals surface area (Å²) in [6.07, 6.45) is 2.27. The van der Waals surface area contributed by atoms with Gasteiger partial charge in [0.25, 0.3) is 0 Å². The SMILES string of the molecule is NC(=O)C(Cc1ccccc1)c1ccccn1. The van der Waals surface area contributed by atoms with E-state index in [4.69, 9.17) is 5.73 Å². The third kappa shape index (κ3) is 2.91. The zero-order chi connectivity index (χ0) is 12.1. The highest BCUT2D eigenvalue weighted by Crippen LogP contribution is 2.18. The van der Waals surface area contributed by atoms with Gasteiger partial charge in [0, 0.05) is 6.20 Å². The molecule has 0 saturated heterocycles. The Morgan fingerprint density at radius 3 is 2.41 bits per heavy atom. The van der Waals surface area contributed by atoms with Gasteiger partial charge in [-0.05, 0) is 24.1 Å². The summed E-state index contributed by atoms with van der Waals surface area (Å²) in [5.41, 5.74) is 7.25. The van der Waals surface area contributed by atoms with Crippen LogP contribution >= 0.6 is 0 Å². The molecule has 0 fully saturated rings. The molecule has 0 aliphatic heterocycles. The number of hydrogen-bond acceptors (Lipinski definition) is 2. The van der Waals surface area contributed by atoms with Gasteiger partial charge in [-0.25, -0.2) is 0 Å². The van der Waals surface area contributed by atoms with Crippen LogP contribution in [0.15, 0.2) is 54.7 Å². The van der Waals surface area contributed by atoms with Gasteiger partial charge >= 0.3 is 0 Å². The number of hydrogen-bond donors (Lipinski definition) is 1. The highest BCUT2D eigenvalue weighted by atomic mass is 16.1. The minimum atomic E-state index is -0.362. The molecule has 0 bridgehead atoms. The average molecular weight is 226 g/mol. The van der Waals surface area contributed by atoms with Crippen molar-refractivity contribution < 1.29 is 4.79 Å². The van der Waals surface area contributed by atoms with Crippen LogP contribution in [0.3, 0.4) is 0 Å². The highest BCUT2D eigenvalue weighted by Gasteiger charge is 2.19. The van der Waals surface area contributed by atoms with Gasteiger partial charge in [-0.15, -0.1) is 0 Å². The summed E-state index contributed by atoms with van der Waals surface area (Å²) >= 11 is 0. The molecular formula is C14H14N2O. The highest BCUT2D eigenvalue weighted by molar-refractivity contribution is 5.81. The van der Waals surface area contributed by atoms with Crippen molar-refractivity contribution in [3.8, 4) is 0 Å². The largest absolute Gasteiger partial charge is 0.369 e. The number of nitrogens with zero attached hydrogens (tertiary/aromatic N) is 1. The van der Waals surface area contributed by atoms with Crippen LogP contribution in [0.25, 0.3) is 0 Å². The summed E-state index contributed by atoms with van der Waals surface area (Å²) in [5.74, 6) is -0.703. The molecule has 1 unspecified atom stereocenters. The average Bonchev–Trinajstić information content (AvgIpc) is 2.38. The fraction of sp³-hybridized carbons (Fsp3) is 0.143. The maximum atomic E-state index is 11.5. The van der Waals surface area contributed by atoms with Crippen LogP contribution < -0.4 is 5.73 Å². The molecule has 2 aromatic rings. The number of primary amides is 1. The molecule has 0 aliphatic rings. The van der Waals surface area contributed by atoms with Crippen LogP contribution in [-0.4, -0.2) is 10.9 Å². The van der Waals surface area contributed by atoms with Crippen molar-refractivity contribution in [1.29, 1.82) is 0 Å². The topological polar surface area (TPSA) is 56.0 Å². The number of carbonyl (C=O) groups excluding carboxylic acids is 1. The van der Waals surface area contributed by atoms with Crippen molar-refractivity contribution in [3.63, 3.8) is 0 Å². The molecule has 0 aliphatic carbocycles. The van der Waals surface area contributed by atoms with Gasteiger partial charge in [-0.1, -0.05) is 36.4 Å². The summed E-state index contributed by atoms with van der Waals surface area (Å²) in [6, 6.07) is 15.3. The second kappa shape index (κ2) is 5.25. The molecule has 86 valence electrons. The molecule has 1 atom stereocenters. The van der Waals surface area contributed by atoms with E-state index < -0.39 is 0 Å². The predicted molar refractivity (Wildman–Crippen MR) is 66.3 cm³/mol. The van der Waals surface area contributed by atoms with Gasteiger partial charge in [0.2, 0.25) is 5.91 Å². The van der Waals surface area contributed by atoms with Gasteiger partial charge < -0.3 is 5.73 Å². The van der Waals surface area contributed by atoms with E-state index in [1.807, 2.05) is 48.5 Å². The van der Waals surface area contributed by atoms with E-state index in [2.05, 4.69) is 4.98 Å². The molecule has 0 saturated carbocycles. The number of carbonyl (C=O) groups is 1. The number of aromatic nitrogens is 1. The van der Waals surface area contributed by atoms with Gasteiger partial charge in [0.05, 0.1) is 11.6 Å². The minimum Gasteiger partial charge on any atom is -0.369 e. The van der Waals surface area contributed by atoms with Crippen LogP contribution in [0.2, 0.25) is 0 Å². The van der Waals surface area contributed by atoms with Crippen LogP contribution in [-0.2, 0) is 11.2 Å². The fourth-order valence-corrected chi connectivity index (χ4v) is 1.78. The van der Waals surface area contributed by atoms with Crippen LogP contribution in [0.5, 0.6) is 0 Å². The second-order valence-electron chi connectivity index (χ2n) is 3.90. The Labute approximate surface area is 100 Å². The first-order valence-electron chi connectivity index (χ1n) is 5.51. The van der Waals surface area contributed by atoms with Gasteiger partial charge in [0.1, 0.15) is 0 Å². The quantitative estimate of drug-likeness (QED) is 0.865. The third-order valence-electron chi connectivity index (χ3n) is 2.67. The van der Waals surface area contributed by atoms with Crippen molar-refractivity contribution in [2.24, 2.45) is 5.73 Å². The van der Waals surface area contributed by atoms with Crippen LogP contribution in [0, 0.1) is 0 Å². The Bertz CT molecular complexity index is 482. The lowest BCUT2D eigenvalue weighted by Crippen LogP contribution is -2.24. The van der Waals surface area contributed by atoms with Crippen molar-refractivity contribution >= 4 is 5.91 Å². The minimum absolute atomic E-state index is 0.340. The number of benzene rings is 1. The Kier molecular flexibility index (Phi) is 3.50. The van der Waals surface area contributed by atoms with Crippen molar-refractivity contribution in [3.05, 3.63) is 66.0 Å². The predicted octanol–water partition coefficient (Wildman–Crippen LogP) is 1.89. The van der Waals surface area contributed by atoms with Crippen molar-refractivity contribution in [2.75, 3.05) is 0 Å². The molecule has 0 radical (unpaired) electrons. The molecule has 1 heterocycles. The molecule has 3 heteroatoms. The standard InChI is InChI=1S/C14H14N2O/c15-14(17)12(13-8-4-5-9-16-13)10-11-6-2-1-3-7-11/h1-9,12H,10H2,(H2,15,17). The summed E-state index contributed by atoms with van der Waals surface area (Å²) in [7, 11) is 0. The second-order valence-corrected chi connectivity index (χ2v) is 3.90. The number of nitrogens with two attached hydrogens (primary N) is 1. The first kappa shape index (κ1) is 11.3. The zero-order valence-electron chi connectivity index (χ0n) is 9.41. The van der Waals surface area contributed by atoms with E-state index in [1.54, 1.807) is 6.20 Å². The lowest BCUT2D eigenvalue weighted by molar-refractivity contribution is -0.119. The summed E-state index contributed by atoms with van der Waals surface area (Å²) in [4.78, 5) is 15.7. The van der Waals surface area contributed by atoms with E-state index in [0.717, 1.165) is 11.3 Å². The lowest BCUT2D eigenvalue weighted by Gasteiger charge is -2.12. The zero-order valence-corrected chi connectivity index (χ0v) is 9.41. The first-order valence-corrected chi connectivity index (χ1v) is 5.51. The lowest BCUT2D eigenvalue weighted by atomic mass is 9.95. The normalized spacial score (nSPS) is 12.0. The smallest absolute Gasteiger partial charge is 0.226 e. The van der Waals surface area contributed by atoms with Gasteiger partial charge in [-0.3, -0.25) is 9.78 Å². The molecule has 1 amide bonds. The number of amides is 1. The first-order chi connectivity index (χ1) is 8.27. The van der Waals surface area contributed by atoms with Crippen LogP contribution in [0.4, 0.5) is 0 Å². The van der Waals surface area contributed by atoms with E-state index in [9.17, 15) is 4.79 Å². The summed E-state index contributed by atoms with van der Waals surface area (Å²) < 4.78 is 0. The van der Waals surface area contributed by atoms with E-state index >= 15 is 0 Å². The molecule has 1 aromatic carbocycles. The molecule has 0 spiro atoms. The fourth-order valence-electron chi connectivity index (χ4n) is 1.78. The van der Waals surface area contributed by atoms with E-state index in [0.29, 0.717) is 6.42 Å². The number of pyridine rings is 1. The molecular weight excluding hydrogens is 212 g/mol. The van der Waals surface area contributed by atoms with Crippen molar-refractivity contribution in [1.82, 2.24) is 4.98 Å². The molecule has 2 rings (SSSR count). The maximum Gasteiger partial charge on any atom is 0.226 e. The molecule has 17 heavy (non-hydrogen) atoms. The monoisotopic (exact) mass is 226 g/mol. The molecule has 1 aromatic heterocycles. The summed E-state index contributed by atoms with van der Waals surface area (Å²) in [6.45, 7) is 0. The Morgan fingerprint density at radius 2 is 1.82 bits per heavy atom. The van der Waals surface area contributed by atoms with Gasteiger partial charge in [0.15, 0.2) is 0 Å². The van der Waals surface area contributed by atoms with E-state index in [1.165, 1.54) is 0 Å². The molecule has 3 nitrogen and oxygen atoms in total. The number of rotatable bonds is 4. The van der Waals surface area contributed by atoms with Crippen LogP contribution in [0.1, 0.15) is 17.2 Å². The Hall–Kier alpha value is -2.16. The van der Waals surface area contributed by atoms with Crippen molar-refractivity contribution in [2.45, 2.75) is 12.3 Å². The van der Waals surface area contributed by atoms with Gasteiger partial charge in [-0.2, -0.15) is 0 Å². The third-order valence-corrected chi connectivity index (χ3v) is 2.67. The maximum absolute atomic E-state index is 11.5. The van der Waals surface area contributed by atoms with E-state index in [-0.39, 0.29) is 11.8 Å². The Balaban J connectivity index is 2.23. The molecule has 2 N–H and O–H groups in total. The Morgan fingerprint density at radius 1 is 1.12 bits per heavy atom. The summed E-state index contributed by atoms with van der Waals surface area (Å²) in [5, 5.41) is 0.